The Kier molecular flexibility index (Phi) is 4.88. The van der Waals surface area contributed by atoms with E-state index in [9.17, 15) is 14.9 Å². The van der Waals surface area contributed by atoms with Gasteiger partial charge in [0, 0.05) is 38.4 Å². The standard InChI is InChI=1S/C21H30N4O2/c1-15(21-9-16-6-17(10-21)8-18(7-16)11-21)23-20(27)19(12-22)13-24-2-4-25(14-26)5-3-24/h13-18H,2-11H2,1H3,(H,23,27)/b19-13-. The first-order chi connectivity index (χ1) is 13.0. The van der Waals surface area contributed by atoms with Crippen LogP contribution in [0.1, 0.15) is 45.4 Å². The molecule has 6 heteroatoms. The predicted molar refractivity (Wildman–Crippen MR) is 101 cm³/mol. The Balaban J connectivity index is 1.39. The highest BCUT2D eigenvalue weighted by atomic mass is 16.2. The van der Waals surface area contributed by atoms with Crippen LogP contribution in [0.4, 0.5) is 0 Å². The first kappa shape index (κ1) is 18.3. The van der Waals surface area contributed by atoms with Crippen molar-refractivity contribution in [2.24, 2.45) is 23.2 Å². The van der Waals surface area contributed by atoms with Crippen LogP contribution in [0.2, 0.25) is 0 Å². The molecule has 6 nitrogen and oxygen atoms in total. The van der Waals surface area contributed by atoms with Crippen molar-refractivity contribution in [2.75, 3.05) is 26.2 Å². The Morgan fingerprint density at radius 2 is 1.59 bits per heavy atom. The zero-order chi connectivity index (χ0) is 19.0. The van der Waals surface area contributed by atoms with Crippen molar-refractivity contribution in [3.63, 3.8) is 0 Å². The number of carbonyl (C=O) groups is 2. The first-order valence-electron chi connectivity index (χ1n) is 10.4. The van der Waals surface area contributed by atoms with E-state index in [2.05, 4.69) is 18.3 Å². The lowest BCUT2D eigenvalue weighted by atomic mass is 9.48. The van der Waals surface area contributed by atoms with Crippen molar-refractivity contribution < 1.29 is 9.59 Å². The number of hydrogen-bond donors (Lipinski definition) is 1. The molecule has 0 spiro atoms. The van der Waals surface area contributed by atoms with E-state index < -0.39 is 0 Å². The van der Waals surface area contributed by atoms with E-state index in [1.54, 1.807) is 11.1 Å². The minimum atomic E-state index is -0.251. The molecule has 1 saturated heterocycles. The molecular formula is C21H30N4O2. The Labute approximate surface area is 161 Å². The van der Waals surface area contributed by atoms with E-state index in [0.717, 1.165) is 24.2 Å². The summed E-state index contributed by atoms with van der Waals surface area (Å²) in [6.07, 6.45) is 10.4. The predicted octanol–water partition coefficient (Wildman–Crippen LogP) is 1.89. The van der Waals surface area contributed by atoms with Gasteiger partial charge < -0.3 is 15.1 Å². The molecule has 4 aliphatic carbocycles. The summed E-state index contributed by atoms with van der Waals surface area (Å²) in [6.45, 7) is 4.71. The highest BCUT2D eigenvalue weighted by Crippen LogP contribution is 2.61. The summed E-state index contributed by atoms with van der Waals surface area (Å²) in [6, 6.07) is 2.19. The van der Waals surface area contributed by atoms with Gasteiger partial charge in [-0.05, 0) is 68.6 Å². The molecule has 4 bridgehead atoms. The average molecular weight is 370 g/mol. The fourth-order valence-electron chi connectivity index (χ4n) is 6.43. The van der Waals surface area contributed by atoms with Gasteiger partial charge in [-0.2, -0.15) is 5.26 Å². The molecule has 1 N–H and O–H groups in total. The molecule has 0 aromatic rings. The normalized spacial score (nSPS) is 36.3. The minimum absolute atomic E-state index is 0.113. The molecule has 5 rings (SSSR count). The summed E-state index contributed by atoms with van der Waals surface area (Å²) in [5.41, 5.74) is 0.409. The molecule has 1 unspecified atom stereocenters. The molecule has 0 radical (unpaired) electrons. The van der Waals surface area contributed by atoms with E-state index in [-0.39, 0.29) is 22.9 Å². The molecule has 27 heavy (non-hydrogen) atoms. The Hall–Kier alpha value is -2.03. The summed E-state index contributed by atoms with van der Waals surface area (Å²) in [5.74, 6) is 2.28. The number of carbonyl (C=O) groups excluding carboxylic acids is 2. The molecule has 1 heterocycles. The molecule has 5 aliphatic rings. The van der Waals surface area contributed by atoms with Crippen molar-refractivity contribution in [3.8, 4) is 6.07 Å². The topological polar surface area (TPSA) is 76.4 Å². The van der Waals surface area contributed by atoms with Gasteiger partial charge in [0.2, 0.25) is 6.41 Å². The Morgan fingerprint density at radius 3 is 2.07 bits per heavy atom. The van der Waals surface area contributed by atoms with E-state index in [4.69, 9.17) is 0 Å². The van der Waals surface area contributed by atoms with E-state index in [0.29, 0.717) is 26.2 Å². The van der Waals surface area contributed by atoms with Crippen molar-refractivity contribution in [3.05, 3.63) is 11.8 Å². The fraction of sp³-hybridized carbons (Fsp3) is 0.762. The maximum atomic E-state index is 12.8. The van der Waals surface area contributed by atoms with Crippen molar-refractivity contribution >= 4 is 12.3 Å². The van der Waals surface area contributed by atoms with Gasteiger partial charge in [-0.3, -0.25) is 9.59 Å². The van der Waals surface area contributed by atoms with Gasteiger partial charge in [-0.25, -0.2) is 0 Å². The minimum Gasteiger partial charge on any atom is -0.373 e. The lowest BCUT2D eigenvalue weighted by Crippen LogP contribution is -2.56. The summed E-state index contributed by atoms with van der Waals surface area (Å²) >= 11 is 0. The van der Waals surface area contributed by atoms with Gasteiger partial charge in [0.05, 0.1) is 0 Å². The van der Waals surface area contributed by atoms with Crippen molar-refractivity contribution in [1.82, 2.24) is 15.1 Å². The zero-order valence-corrected chi connectivity index (χ0v) is 16.2. The molecular weight excluding hydrogens is 340 g/mol. The van der Waals surface area contributed by atoms with Gasteiger partial charge in [0.25, 0.3) is 5.91 Å². The number of amides is 2. The number of nitrogens with one attached hydrogen (secondary N) is 1. The average Bonchev–Trinajstić information content (AvgIpc) is 2.65. The molecule has 0 aromatic carbocycles. The van der Waals surface area contributed by atoms with E-state index >= 15 is 0 Å². The molecule has 5 fully saturated rings. The summed E-state index contributed by atoms with van der Waals surface area (Å²) in [4.78, 5) is 27.3. The summed E-state index contributed by atoms with van der Waals surface area (Å²) in [5, 5.41) is 12.7. The quantitative estimate of drug-likeness (QED) is 0.455. The maximum absolute atomic E-state index is 12.8. The number of hydrogen-bond acceptors (Lipinski definition) is 4. The fourth-order valence-corrected chi connectivity index (χ4v) is 6.43. The molecule has 2 amide bonds. The van der Waals surface area contributed by atoms with Crippen LogP contribution in [0.25, 0.3) is 0 Å². The lowest BCUT2D eigenvalue weighted by molar-refractivity contribution is -0.122. The van der Waals surface area contributed by atoms with Crippen LogP contribution < -0.4 is 5.32 Å². The highest BCUT2D eigenvalue weighted by molar-refractivity contribution is 5.97. The highest BCUT2D eigenvalue weighted by Gasteiger charge is 2.53. The third-order valence-electron chi connectivity index (χ3n) is 7.53. The first-order valence-corrected chi connectivity index (χ1v) is 10.4. The van der Waals surface area contributed by atoms with Crippen LogP contribution in [-0.2, 0) is 9.59 Å². The van der Waals surface area contributed by atoms with Crippen LogP contribution in [0, 0.1) is 34.5 Å². The third-order valence-corrected chi connectivity index (χ3v) is 7.53. The van der Waals surface area contributed by atoms with Crippen LogP contribution in [0.15, 0.2) is 11.8 Å². The van der Waals surface area contributed by atoms with E-state index in [1.807, 2.05) is 4.90 Å². The molecule has 4 saturated carbocycles. The van der Waals surface area contributed by atoms with Gasteiger partial charge in [-0.1, -0.05) is 0 Å². The number of nitrogens with zero attached hydrogens (tertiary/aromatic N) is 3. The smallest absolute Gasteiger partial charge is 0.263 e. The molecule has 1 aliphatic heterocycles. The van der Waals surface area contributed by atoms with Crippen LogP contribution in [0.3, 0.4) is 0 Å². The number of nitriles is 1. The monoisotopic (exact) mass is 370 g/mol. The second-order valence-corrected chi connectivity index (χ2v) is 9.31. The van der Waals surface area contributed by atoms with E-state index in [1.165, 1.54) is 38.5 Å². The summed E-state index contributed by atoms with van der Waals surface area (Å²) < 4.78 is 0. The van der Waals surface area contributed by atoms with Crippen molar-refractivity contribution in [2.45, 2.75) is 51.5 Å². The van der Waals surface area contributed by atoms with Gasteiger partial charge in [0.15, 0.2) is 0 Å². The van der Waals surface area contributed by atoms with Crippen LogP contribution in [0.5, 0.6) is 0 Å². The van der Waals surface area contributed by atoms with Gasteiger partial charge in [-0.15, -0.1) is 0 Å². The molecule has 146 valence electrons. The Morgan fingerprint density at radius 1 is 1.07 bits per heavy atom. The van der Waals surface area contributed by atoms with Crippen molar-refractivity contribution in [1.29, 1.82) is 5.26 Å². The van der Waals surface area contributed by atoms with Crippen LogP contribution in [-0.4, -0.2) is 54.3 Å². The van der Waals surface area contributed by atoms with Crippen LogP contribution >= 0.6 is 0 Å². The maximum Gasteiger partial charge on any atom is 0.263 e. The largest absolute Gasteiger partial charge is 0.373 e. The second-order valence-electron chi connectivity index (χ2n) is 9.31. The van der Waals surface area contributed by atoms with Gasteiger partial charge in [0.1, 0.15) is 11.6 Å². The molecule has 1 atom stereocenters. The molecule has 0 aromatic heterocycles. The third kappa shape index (κ3) is 3.56. The SMILES string of the molecule is CC(NC(=O)/C(C#N)=C\N1CCN(C=O)CC1)C12CC3CC(CC(C3)C1)C2. The number of rotatable bonds is 5. The summed E-state index contributed by atoms with van der Waals surface area (Å²) in [7, 11) is 0. The number of piperazine rings is 1. The zero-order valence-electron chi connectivity index (χ0n) is 16.2. The Bertz CT molecular complexity index is 637. The lowest BCUT2D eigenvalue weighted by Gasteiger charge is -2.59. The van der Waals surface area contributed by atoms with Gasteiger partial charge >= 0.3 is 0 Å². The second kappa shape index (κ2) is 7.18.